The second-order valence-corrected chi connectivity index (χ2v) is 15.1. The average Bonchev–Trinajstić information content (AvgIpc) is 3.86. The van der Waals surface area contributed by atoms with E-state index in [2.05, 4.69) is 16.0 Å². The van der Waals surface area contributed by atoms with Gasteiger partial charge in [-0.25, -0.2) is 13.6 Å². The average molecular weight is 779 g/mol. The lowest BCUT2D eigenvalue weighted by Crippen LogP contribution is -2.62. The van der Waals surface area contributed by atoms with Crippen LogP contribution in [0.4, 0.5) is 8.78 Å². The van der Waals surface area contributed by atoms with E-state index in [1.807, 2.05) is 19.1 Å². The molecule has 6 atom stereocenters. The fraction of sp³-hybridized carbons (Fsp3) is 0.525. The summed E-state index contributed by atoms with van der Waals surface area (Å²) in [7, 11) is 0. The van der Waals surface area contributed by atoms with Gasteiger partial charge < -0.3 is 35.4 Å². The zero-order chi connectivity index (χ0) is 40.1. The number of esters is 1. The summed E-state index contributed by atoms with van der Waals surface area (Å²) in [6.07, 6.45) is 2.68. The first-order valence-corrected chi connectivity index (χ1v) is 19.3. The SMILES string of the molecule is Cc1ccc(CC(=O)N[C@@H](Cc2cc(F)cc(F)c2)C(=O)N[C@H]2COC(=O)[C@@H]3CCCN3C(=O)[C@H](C)NC(=O)[C@@H]3CCCCN3C(=O)[C@@H]3CCCN3C2=O)cc1. The number of amides is 6. The maximum absolute atomic E-state index is 14.4. The first kappa shape index (κ1) is 40.3. The Morgan fingerprint density at radius 2 is 1.39 bits per heavy atom. The highest BCUT2D eigenvalue weighted by Crippen LogP contribution is 2.27. The number of hydrogen-bond acceptors (Lipinski definition) is 8. The van der Waals surface area contributed by atoms with Crippen LogP contribution in [0.1, 0.15) is 68.6 Å². The number of piperidine rings is 1. The predicted octanol–water partition coefficient (Wildman–Crippen LogP) is 1.45. The van der Waals surface area contributed by atoms with E-state index >= 15 is 0 Å². The minimum Gasteiger partial charge on any atom is -0.461 e. The van der Waals surface area contributed by atoms with Gasteiger partial charge in [-0.2, -0.15) is 0 Å². The molecule has 2 aromatic rings. The molecule has 4 saturated heterocycles. The molecule has 0 bridgehead atoms. The van der Waals surface area contributed by atoms with Gasteiger partial charge in [-0.3, -0.25) is 28.8 Å². The molecule has 4 aliphatic heterocycles. The fourth-order valence-electron chi connectivity index (χ4n) is 8.06. The van der Waals surface area contributed by atoms with Gasteiger partial charge >= 0.3 is 5.97 Å². The Labute approximate surface area is 323 Å². The standard InChI is InChI=1S/C40H48F2N6O8/c1-23-10-12-25(13-11-23)20-34(49)44-29(19-26-17-27(41)21-28(42)18-26)35(50)45-30-22-56-40(55)33-9-6-16-48(33)37(52)24(2)43-36(51)31-7-3-4-14-46(31)39(54)32-8-5-15-47(32)38(30)53/h10-13,17-18,21,24,29-33H,3-9,14-16,19-20,22H2,1-2H3,(H,43,51)(H,44,49)(H,45,50)/t24-,29-,30-,31-,32-,33-/m0/s1. The van der Waals surface area contributed by atoms with Crippen molar-refractivity contribution in [3.8, 4) is 0 Å². The third-order valence-electron chi connectivity index (χ3n) is 11.0. The number of nitrogens with zero attached hydrogens (tertiary/aromatic N) is 3. The Balaban J connectivity index is 1.30. The summed E-state index contributed by atoms with van der Waals surface area (Å²) in [5, 5.41) is 7.98. The van der Waals surface area contributed by atoms with Crippen molar-refractivity contribution in [2.45, 2.75) is 108 Å². The molecule has 4 heterocycles. The zero-order valence-electron chi connectivity index (χ0n) is 31.6. The van der Waals surface area contributed by atoms with Gasteiger partial charge in [-0.05, 0) is 82.1 Å². The van der Waals surface area contributed by atoms with Crippen molar-refractivity contribution in [2.24, 2.45) is 0 Å². The molecule has 0 aliphatic carbocycles. The maximum Gasteiger partial charge on any atom is 0.328 e. The second-order valence-electron chi connectivity index (χ2n) is 15.1. The predicted molar refractivity (Wildman–Crippen MR) is 196 cm³/mol. The molecule has 16 heteroatoms. The lowest BCUT2D eigenvalue weighted by atomic mass is 9.99. The van der Waals surface area contributed by atoms with E-state index in [0.29, 0.717) is 43.7 Å². The van der Waals surface area contributed by atoms with Gasteiger partial charge in [0.05, 0.1) is 6.42 Å². The van der Waals surface area contributed by atoms with Crippen molar-refractivity contribution >= 4 is 41.4 Å². The van der Waals surface area contributed by atoms with Gasteiger partial charge in [0.25, 0.3) is 0 Å². The first-order valence-electron chi connectivity index (χ1n) is 19.3. The molecule has 0 aromatic heterocycles. The van der Waals surface area contributed by atoms with Crippen LogP contribution in [0.25, 0.3) is 0 Å². The quantitative estimate of drug-likeness (QED) is 0.355. The second kappa shape index (κ2) is 17.6. The minimum absolute atomic E-state index is 0.0552. The van der Waals surface area contributed by atoms with Crippen molar-refractivity contribution in [1.82, 2.24) is 30.7 Å². The number of halogens is 2. The van der Waals surface area contributed by atoms with Crippen molar-refractivity contribution in [3.05, 3.63) is 70.8 Å². The van der Waals surface area contributed by atoms with Crippen molar-refractivity contribution in [1.29, 1.82) is 0 Å². The monoisotopic (exact) mass is 778 g/mol. The molecular weight excluding hydrogens is 730 g/mol. The zero-order valence-corrected chi connectivity index (χ0v) is 31.6. The smallest absolute Gasteiger partial charge is 0.328 e. The highest BCUT2D eigenvalue weighted by Gasteiger charge is 2.45. The molecule has 0 unspecified atom stereocenters. The third kappa shape index (κ3) is 9.33. The Bertz CT molecular complexity index is 1840. The number of carbonyl (C=O) groups is 7. The number of rotatable bonds is 7. The van der Waals surface area contributed by atoms with Crippen molar-refractivity contribution in [2.75, 3.05) is 26.2 Å². The lowest BCUT2D eigenvalue weighted by Gasteiger charge is -2.39. The molecule has 3 N–H and O–H groups in total. The third-order valence-corrected chi connectivity index (χ3v) is 11.0. The van der Waals surface area contributed by atoms with Crippen LogP contribution in [0, 0.1) is 18.6 Å². The van der Waals surface area contributed by atoms with Gasteiger partial charge in [0.1, 0.15) is 54.5 Å². The van der Waals surface area contributed by atoms with Crippen LogP contribution in [0.3, 0.4) is 0 Å². The van der Waals surface area contributed by atoms with Gasteiger partial charge in [0.15, 0.2) is 0 Å². The summed E-state index contributed by atoms with van der Waals surface area (Å²) >= 11 is 0. The van der Waals surface area contributed by atoms with Gasteiger partial charge in [-0.15, -0.1) is 0 Å². The van der Waals surface area contributed by atoms with Crippen LogP contribution in [-0.2, 0) is 51.1 Å². The Morgan fingerprint density at radius 3 is 2.09 bits per heavy atom. The van der Waals surface area contributed by atoms with Crippen LogP contribution in [0.2, 0.25) is 0 Å². The van der Waals surface area contributed by atoms with Crippen LogP contribution in [0.5, 0.6) is 0 Å². The molecule has 0 saturated carbocycles. The molecule has 0 spiro atoms. The Kier molecular flexibility index (Phi) is 12.6. The molecule has 4 fully saturated rings. The lowest BCUT2D eigenvalue weighted by molar-refractivity contribution is -0.158. The number of hydrogen-bond donors (Lipinski definition) is 3. The summed E-state index contributed by atoms with van der Waals surface area (Å²) in [5.41, 5.74) is 1.68. The number of ether oxygens (including phenoxy) is 1. The molecule has 300 valence electrons. The summed E-state index contributed by atoms with van der Waals surface area (Å²) in [4.78, 5) is 101. The molecule has 6 rings (SSSR count). The summed E-state index contributed by atoms with van der Waals surface area (Å²) in [6, 6.07) is 3.02. The summed E-state index contributed by atoms with van der Waals surface area (Å²) < 4.78 is 34.2. The van der Waals surface area contributed by atoms with E-state index in [-0.39, 0.29) is 50.9 Å². The van der Waals surface area contributed by atoms with E-state index in [1.54, 1.807) is 12.1 Å². The number of carbonyl (C=O) groups excluding carboxylic acids is 7. The van der Waals surface area contributed by atoms with Crippen LogP contribution < -0.4 is 16.0 Å². The number of nitrogens with one attached hydrogen (secondary N) is 3. The van der Waals surface area contributed by atoms with Gasteiger partial charge in [0.2, 0.25) is 35.4 Å². The van der Waals surface area contributed by atoms with Crippen LogP contribution >= 0.6 is 0 Å². The van der Waals surface area contributed by atoms with E-state index < -0.39 is 95.9 Å². The molecule has 56 heavy (non-hydrogen) atoms. The molecule has 4 aliphatic rings. The van der Waals surface area contributed by atoms with Crippen LogP contribution in [0.15, 0.2) is 42.5 Å². The van der Waals surface area contributed by atoms with E-state index in [4.69, 9.17) is 4.74 Å². The summed E-state index contributed by atoms with van der Waals surface area (Å²) in [5.74, 6) is -6.27. The van der Waals surface area contributed by atoms with E-state index in [9.17, 15) is 42.3 Å². The normalized spacial score (nSPS) is 25.5. The molecule has 2 aromatic carbocycles. The molecular formula is C40H48F2N6O8. The van der Waals surface area contributed by atoms with Gasteiger partial charge in [-0.1, -0.05) is 29.8 Å². The molecule has 14 nitrogen and oxygen atoms in total. The Hall–Kier alpha value is -5.41. The van der Waals surface area contributed by atoms with Gasteiger partial charge in [0, 0.05) is 32.1 Å². The number of fused-ring (bicyclic) bond motifs is 3. The molecule has 6 amide bonds. The Morgan fingerprint density at radius 1 is 0.786 bits per heavy atom. The number of cyclic esters (lactones) is 1. The fourth-order valence-corrected chi connectivity index (χ4v) is 8.06. The highest BCUT2D eigenvalue weighted by atomic mass is 19.1. The molecule has 0 radical (unpaired) electrons. The number of benzene rings is 2. The largest absolute Gasteiger partial charge is 0.461 e. The van der Waals surface area contributed by atoms with Crippen molar-refractivity contribution < 1.29 is 47.1 Å². The van der Waals surface area contributed by atoms with Crippen molar-refractivity contribution in [3.63, 3.8) is 0 Å². The minimum atomic E-state index is -1.56. The van der Waals surface area contributed by atoms with E-state index in [1.165, 1.54) is 21.6 Å². The summed E-state index contributed by atoms with van der Waals surface area (Å²) in [6.45, 7) is 3.39. The van der Waals surface area contributed by atoms with E-state index in [0.717, 1.165) is 17.7 Å². The van der Waals surface area contributed by atoms with Crippen LogP contribution in [-0.4, -0.2) is 119 Å². The first-order chi connectivity index (χ1) is 26.8. The maximum atomic E-state index is 14.4. The number of aryl methyl sites for hydroxylation is 1. The topological polar surface area (TPSA) is 175 Å². The highest BCUT2D eigenvalue weighted by molar-refractivity contribution is 5.98.